The Hall–Kier alpha value is -10.5. The summed E-state index contributed by atoms with van der Waals surface area (Å²) in [5.41, 5.74) is 15.7. The molecule has 0 bridgehead atoms. The Morgan fingerprint density at radius 1 is 0.387 bits per heavy atom. The van der Waals surface area contributed by atoms with E-state index in [1.807, 2.05) is 13.8 Å². The van der Waals surface area contributed by atoms with E-state index >= 15 is 0 Å². The molecule has 2 atom stereocenters. The van der Waals surface area contributed by atoms with Gasteiger partial charge < -0.3 is 67.7 Å². The second kappa shape index (κ2) is 42.0. The Labute approximate surface area is 733 Å². The summed E-state index contributed by atoms with van der Waals surface area (Å²) >= 11 is 33.7. The predicted octanol–water partition coefficient (Wildman–Crippen LogP) is 8.69. The fraction of sp³-hybridized carbons (Fsp3) is 0.114. The molecule has 8 rings (SSSR count). The number of nitrogens with zero attached hydrogens (tertiary/aromatic N) is 2. The first-order valence-corrected chi connectivity index (χ1v) is 43.9. The van der Waals surface area contributed by atoms with Crippen molar-refractivity contribution >= 4 is 268 Å². The summed E-state index contributed by atoms with van der Waals surface area (Å²) in [6.07, 6.45) is 6.66. The molecule has 0 spiro atoms. The predicted molar refractivity (Wildman–Crippen MR) is 476 cm³/mol. The molecule has 8 aromatic rings. The first-order chi connectivity index (χ1) is 55.9. The van der Waals surface area contributed by atoms with Crippen LogP contribution < -0.4 is 75.1 Å². The number of thiocarbonyl (C=S) groups is 4. The number of nitrogens with one attached hydrogen (secondary N) is 14. The number of carbonyl (C=O) groups is 4. The molecule has 628 valence electrons. The van der Waals surface area contributed by atoms with E-state index in [1.165, 1.54) is 60.7 Å². The van der Waals surface area contributed by atoms with Crippen LogP contribution in [0.5, 0.6) is 23.0 Å². The highest BCUT2D eigenvalue weighted by atomic mass is 79.9. The van der Waals surface area contributed by atoms with Gasteiger partial charge in [-0.1, -0.05) is 84.0 Å². The summed E-state index contributed by atoms with van der Waals surface area (Å²) in [4.78, 5) is 51.2. The van der Waals surface area contributed by atoms with Crippen LogP contribution in [0.2, 0.25) is 0 Å². The third kappa shape index (κ3) is 27.8. The second-order valence-corrected chi connectivity index (χ2v) is 34.8. The molecule has 119 heavy (non-hydrogen) atoms. The van der Waals surface area contributed by atoms with Crippen molar-refractivity contribution in [1.29, 1.82) is 0 Å². The van der Waals surface area contributed by atoms with Crippen molar-refractivity contribution in [3.8, 4) is 23.0 Å². The largest absolute Gasteiger partial charge is 0.506 e. The second-order valence-electron chi connectivity index (χ2n) is 24.4. The average molecular weight is 2040 g/mol. The van der Waals surface area contributed by atoms with Crippen LogP contribution in [0, 0.1) is 13.8 Å². The van der Waals surface area contributed by atoms with E-state index in [4.69, 9.17) is 53.6 Å². The first-order valence-electron chi connectivity index (χ1n) is 33.3. The number of hydrazine groups is 2. The number of anilines is 6. The number of phenolic OH excluding ortho intramolecular Hbond substituents is 4. The third-order valence-corrected chi connectivity index (χ3v) is 22.9. The molecule has 4 amide bonds. The summed E-state index contributed by atoms with van der Waals surface area (Å²) in [6.45, 7) is 3.96. The highest BCUT2D eigenvalue weighted by molar-refractivity contribution is 9.11. The summed E-state index contributed by atoms with van der Waals surface area (Å²) in [6, 6.07) is 26.8. The van der Waals surface area contributed by atoms with Gasteiger partial charge in [0.25, 0.3) is 64.1 Å². The Morgan fingerprint density at radius 3 is 0.950 bits per heavy atom. The summed E-state index contributed by atoms with van der Waals surface area (Å²) in [7, 11) is -20.0. The zero-order chi connectivity index (χ0) is 87.4. The van der Waals surface area contributed by atoms with Gasteiger partial charge in [0, 0.05) is 58.3 Å². The molecule has 0 aromatic heterocycles. The molecule has 0 radical (unpaired) electrons. The maximum absolute atomic E-state index is 13.5. The number of hydrogen-bond acceptors (Lipinski definition) is 25. The van der Waals surface area contributed by atoms with Crippen LogP contribution in [-0.2, 0) is 64.4 Å². The Bertz CT molecular complexity index is 5570. The molecular weight excluding hydrogens is 1980 g/mol. The molecule has 0 saturated carbocycles. The lowest BCUT2D eigenvalue weighted by Gasteiger charge is -2.19. The Morgan fingerprint density at radius 2 is 0.664 bits per heavy atom. The van der Waals surface area contributed by atoms with Crippen molar-refractivity contribution in [2.24, 2.45) is 10.2 Å². The highest BCUT2D eigenvalue weighted by Crippen LogP contribution is 2.42. The third-order valence-electron chi connectivity index (χ3n) is 15.7. The normalized spacial score (nSPS) is 12.3. The van der Waals surface area contributed by atoms with Gasteiger partial charge in [-0.05, 0) is 234 Å². The zero-order valence-corrected chi connectivity index (χ0v) is 73.6. The molecule has 0 heterocycles. The molecule has 0 aliphatic carbocycles. The monoisotopic (exact) mass is 2040 g/mol. The van der Waals surface area contributed by atoms with Gasteiger partial charge in [-0.2, -0.15) is 43.9 Å². The molecule has 0 fully saturated rings. The minimum atomic E-state index is -5.03. The fourth-order valence-electron chi connectivity index (χ4n) is 9.91. The van der Waals surface area contributed by atoms with E-state index in [2.05, 4.69) is 149 Å². The maximum Gasteiger partial charge on any atom is 0.295 e. The lowest BCUT2D eigenvalue weighted by atomic mass is 10.1. The topological polar surface area (TPSA) is 569 Å². The molecule has 49 heteroatoms. The van der Waals surface area contributed by atoms with Crippen molar-refractivity contribution in [3.05, 3.63) is 196 Å². The number of hydrogen-bond donors (Lipinski definition) is 22. The molecule has 0 aliphatic heterocycles. The van der Waals surface area contributed by atoms with Crippen molar-refractivity contribution in [3.63, 3.8) is 0 Å². The molecule has 0 saturated heterocycles. The number of carbonyl (C=O) groups excluding carboxylic acids is 4. The average Bonchev–Trinajstić information content (AvgIpc) is 0.807. The standard InChI is InChI=1S/C70H66Br4N16O21S8/c1-35-3-15-43(16-4-35)79-57(63(95)85-77-33-41-27-49(71)61(93)55(73)59(41)91)65(97)87-89-69(114)83-47-21-13-39(53(31-47)118(105,106)107)9-7-37-11-19-45(29-51(37)116(99,100)101)81-67(112)75-23-25-111-26-24-76-68(113)82-46-20-12-38(52(30-46)117(102,103)104)8-10-40-14-22-48(32-54(40)119(108,109)110)84-70(115)90-88-66(98)58(80-44-17-5-36(2)6-18-44)64(96)86-78-34-42-28-50(72)62(94)56(74)60(42)92/h3-22,27-34,57-58,79-80,91-94H,23-26H2,1-2H3,(H,85,95)(H,86,96)(H,87,97)(H,88,98)(H2,75,81,112)(H2,76,82,113)(H2,83,89,114)(H2,84,90,115)(H,99,100,101)(H,102,103,104)(H,105,106,107)(H,108,109,110)/b9-7+,10-8+,77-33-,78-34-. The van der Waals surface area contributed by atoms with E-state index in [0.717, 1.165) is 72.1 Å². The van der Waals surface area contributed by atoms with Crippen LogP contribution in [0.15, 0.2) is 181 Å². The first kappa shape index (κ1) is 94.0. The minimum Gasteiger partial charge on any atom is -0.506 e. The lowest BCUT2D eigenvalue weighted by molar-refractivity contribution is -0.132. The lowest BCUT2D eigenvalue weighted by Crippen LogP contribution is -2.54. The highest BCUT2D eigenvalue weighted by Gasteiger charge is 2.30. The van der Waals surface area contributed by atoms with Gasteiger partial charge in [0.2, 0.25) is 0 Å². The SMILES string of the molecule is Cc1ccc(NC(C(=O)N/N=C\c2cc(Br)c(O)c(Br)c2O)C(=O)NNC(=S)Nc2ccc(/C=C/c3ccc(NC(=S)NCCOCCNC(=S)Nc4ccc(/C=C/c5ccc(NC(=S)NNC(=O)C(Nc6ccc(C)cc6)C(=O)N/N=C\c6cc(Br)c(O)c(Br)c6O)cc5S(=O)(=O)O)c(S(=O)(=O)O)c4)cc3S(=O)(=O)O)c(S(=O)(=O)O)c2)cc1. The van der Waals surface area contributed by atoms with Gasteiger partial charge >= 0.3 is 0 Å². The number of amides is 4. The van der Waals surface area contributed by atoms with Crippen LogP contribution in [0.4, 0.5) is 34.1 Å². The van der Waals surface area contributed by atoms with E-state index in [1.54, 1.807) is 48.5 Å². The van der Waals surface area contributed by atoms with Gasteiger partial charge in [-0.3, -0.25) is 59.1 Å². The number of aryl methyl sites for hydroxylation is 2. The quantitative estimate of drug-likeness (QED) is 0.00380. The maximum atomic E-state index is 13.5. The molecule has 2 unspecified atom stereocenters. The number of halogens is 4. The van der Waals surface area contributed by atoms with Gasteiger partial charge in [-0.15, -0.1) is 0 Å². The van der Waals surface area contributed by atoms with Gasteiger partial charge in [-0.25, -0.2) is 10.9 Å². The fourth-order valence-corrected chi connectivity index (χ4v) is 15.8. The van der Waals surface area contributed by atoms with Crippen molar-refractivity contribution < 1.29 is 96.2 Å². The molecule has 0 aliphatic rings. The summed E-state index contributed by atoms with van der Waals surface area (Å²) in [5, 5.41) is 69.9. The number of ether oxygens (including phenoxy) is 1. The van der Waals surface area contributed by atoms with E-state index in [-0.39, 0.29) is 132 Å². The number of phenols is 4. The Kier molecular flexibility index (Phi) is 33.2. The van der Waals surface area contributed by atoms with Crippen molar-refractivity contribution in [2.45, 2.75) is 45.5 Å². The van der Waals surface area contributed by atoms with Crippen molar-refractivity contribution in [1.82, 2.24) is 43.2 Å². The van der Waals surface area contributed by atoms with E-state index < -0.39 is 107 Å². The van der Waals surface area contributed by atoms with Gasteiger partial charge in [0.15, 0.2) is 32.5 Å². The Balaban J connectivity index is 0.793. The molecular formula is C70H66Br4N16O21S8. The summed E-state index contributed by atoms with van der Waals surface area (Å²) < 4.78 is 149. The number of benzene rings is 8. The molecule has 8 aromatic carbocycles. The van der Waals surface area contributed by atoms with Crippen LogP contribution in [0.1, 0.15) is 44.5 Å². The van der Waals surface area contributed by atoms with E-state index in [9.17, 15) is 91.5 Å². The number of hydrazone groups is 2. The zero-order valence-electron chi connectivity index (χ0n) is 60.7. The van der Waals surface area contributed by atoms with Crippen LogP contribution in [-0.4, -0.2) is 167 Å². The van der Waals surface area contributed by atoms with Crippen LogP contribution >= 0.6 is 113 Å². The van der Waals surface area contributed by atoms with Crippen molar-refractivity contribution in [2.75, 3.05) is 58.2 Å². The summed E-state index contributed by atoms with van der Waals surface area (Å²) in [5.74, 6) is -5.38. The minimum absolute atomic E-state index is 0.0138. The van der Waals surface area contributed by atoms with Gasteiger partial charge in [0.05, 0.1) is 34.6 Å². The van der Waals surface area contributed by atoms with Crippen LogP contribution in [0.25, 0.3) is 24.3 Å². The number of rotatable bonds is 30. The smallest absolute Gasteiger partial charge is 0.295 e. The number of aromatic hydroxyl groups is 4. The molecule has 22 N–H and O–H groups in total. The molecule has 37 nitrogen and oxygen atoms in total. The van der Waals surface area contributed by atoms with Crippen LogP contribution in [0.3, 0.4) is 0 Å². The van der Waals surface area contributed by atoms with Gasteiger partial charge in [0.1, 0.15) is 51.5 Å². The van der Waals surface area contributed by atoms with E-state index in [0.29, 0.717) is 11.4 Å².